The average molecular weight is 306 g/mol. The molecule has 0 N–H and O–H groups in total. The van der Waals surface area contributed by atoms with Crippen LogP contribution in [0.15, 0.2) is 18.3 Å². The highest BCUT2D eigenvalue weighted by molar-refractivity contribution is 5.74. The lowest BCUT2D eigenvalue weighted by Gasteiger charge is -2.33. The second kappa shape index (κ2) is 6.77. The maximum atomic E-state index is 12.0. The van der Waals surface area contributed by atoms with Crippen LogP contribution in [0.1, 0.15) is 44.0 Å². The van der Waals surface area contributed by atoms with Crippen LogP contribution in [-0.2, 0) is 4.74 Å². The minimum Gasteiger partial charge on any atom is -0.474 e. The number of nitrogens with zero attached hydrogens (tertiary/aromatic N) is 2. The Morgan fingerprint density at radius 2 is 2.00 bits per heavy atom. The van der Waals surface area contributed by atoms with Crippen molar-refractivity contribution >= 4 is 12.4 Å². The molecular formula is C16H22N2O4. The van der Waals surface area contributed by atoms with Gasteiger partial charge in [0.15, 0.2) is 6.29 Å². The Kier molecular flexibility index (Phi) is 5.00. The molecule has 22 heavy (non-hydrogen) atoms. The van der Waals surface area contributed by atoms with Gasteiger partial charge >= 0.3 is 6.09 Å². The summed E-state index contributed by atoms with van der Waals surface area (Å²) < 4.78 is 11.1. The quantitative estimate of drug-likeness (QED) is 0.803. The summed E-state index contributed by atoms with van der Waals surface area (Å²) in [4.78, 5) is 28.3. The molecular weight excluding hydrogens is 284 g/mol. The Balaban J connectivity index is 1.81. The van der Waals surface area contributed by atoms with Gasteiger partial charge in [-0.1, -0.05) is 0 Å². The molecule has 0 spiro atoms. The molecule has 1 fully saturated rings. The zero-order chi connectivity index (χ0) is 16.2. The van der Waals surface area contributed by atoms with Crippen LogP contribution < -0.4 is 4.74 Å². The van der Waals surface area contributed by atoms with Crippen molar-refractivity contribution in [2.75, 3.05) is 13.1 Å². The highest BCUT2D eigenvalue weighted by Crippen LogP contribution is 2.19. The lowest BCUT2D eigenvalue weighted by atomic mass is 10.1. The van der Waals surface area contributed by atoms with Gasteiger partial charge in [0, 0.05) is 43.8 Å². The van der Waals surface area contributed by atoms with Crippen LogP contribution in [0.4, 0.5) is 4.79 Å². The molecule has 120 valence electrons. The van der Waals surface area contributed by atoms with E-state index in [9.17, 15) is 9.59 Å². The Hall–Kier alpha value is -2.11. The van der Waals surface area contributed by atoms with Gasteiger partial charge in [-0.15, -0.1) is 0 Å². The molecule has 2 rings (SSSR count). The van der Waals surface area contributed by atoms with E-state index in [0.29, 0.717) is 24.5 Å². The van der Waals surface area contributed by atoms with Crippen LogP contribution in [0, 0.1) is 0 Å². The number of carbonyl (C=O) groups excluding carboxylic acids is 2. The zero-order valence-corrected chi connectivity index (χ0v) is 13.2. The van der Waals surface area contributed by atoms with E-state index in [1.807, 2.05) is 20.8 Å². The fourth-order valence-corrected chi connectivity index (χ4v) is 2.18. The Morgan fingerprint density at radius 3 is 2.50 bits per heavy atom. The summed E-state index contributed by atoms with van der Waals surface area (Å²) in [7, 11) is 0. The molecule has 0 bridgehead atoms. The Labute approximate surface area is 130 Å². The minimum atomic E-state index is -0.478. The number of piperidine rings is 1. The molecule has 6 nitrogen and oxygen atoms in total. The number of amides is 1. The first-order valence-corrected chi connectivity index (χ1v) is 7.43. The molecule has 1 aliphatic heterocycles. The lowest BCUT2D eigenvalue weighted by molar-refractivity contribution is 0.0123. The Morgan fingerprint density at radius 1 is 1.32 bits per heavy atom. The van der Waals surface area contributed by atoms with Crippen molar-refractivity contribution in [2.45, 2.75) is 45.3 Å². The highest BCUT2D eigenvalue weighted by Gasteiger charge is 2.27. The van der Waals surface area contributed by atoms with Crippen LogP contribution in [0.2, 0.25) is 0 Å². The number of likely N-dealkylation sites (tertiary alicyclic amines) is 1. The fourth-order valence-electron chi connectivity index (χ4n) is 2.18. The molecule has 1 amide bonds. The predicted octanol–water partition coefficient (Wildman–Crippen LogP) is 2.67. The van der Waals surface area contributed by atoms with Crippen molar-refractivity contribution in [1.29, 1.82) is 0 Å². The lowest BCUT2D eigenvalue weighted by Crippen LogP contribution is -2.44. The maximum absolute atomic E-state index is 12.0. The van der Waals surface area contributed by atoms with Gasteiger partial charge in [-0.2, -0.15) is 0 Å². The molecule has 0 aliphatic carbocycles. The number of aldehydes is 1. The molecule has 2 heterocycles. The van der Waals surface area contributed by atoms with E-state index in [1.54, 1.807) is 17.0 Å². The summed E-state index contributed by atoms with van der Waals surface area (Å²) >= 11 is 0. The third kappa shape index (κ3) is 4.72. The predicted molar refractivity (Wildman–Crippen MR) is 81.1 cm³/mol. The second-order valence-corrected chi connectivity index (χ2v) is 6.33. The summed E-state index contributed by atoms with van der Waals surface area (Å²) in [5, 5.41) is 0. The third-order valence-electron chi connectivity index (χ3n) is 3.28. The smallest absolute Gasteiger partial charge is 0.410 e. The van der Waals surface area contributed by atoms with Gasteiger partial charge in [-0.25, -0.2) is 9.78 Å². The molecule has 0 saturated carbocycles. The van der Waals surface area contributed by atoms with Gasteiger partial charge in [-0.3, -0.25) is 4.79 Å². The van der Waals surface area contributed by atoms with Crippen molar-refractivity contribution < 1.29 is 19.1 Å². The zero-order valence-electron chi connectivity index (χ0n) is 13.2. The average Bonchev–Trinajstić information content (AvgIpc) is 2.47. The van der Waals surface area contributed by atoms with Crippen LogP contribution in [0.25, 0.3) is 0 Å². The number of hydrogen-bond donors (Lipinski definition) is 0. The maximum Gasteiger partial charge on any atom is 0.410 e. The number of carbonyl (C=O) groups is 2. The first-order chi connectivity index (χ1) is 10.4. The summed E-state index contributed by atoms with van der Waals surface area (Å²) in [6.45, 7) is 6.78. The summed E-state index contributed by atoms with van der Waals surface area (Å²) in [6.07, 6.45) is 3.44. The van der Waals surface area contributed by atoms with Crippen molar-refractivity contribution in [2.24, 2.45) is 0 Å². The number of ether oxygens (including phenoxy) is 2. The molecule has 0 unspecified atom stereocenters. The van der Waals surface area contributed by atoms with E-state index in [2.05, 4.69) is 4.98 Å². The minimum absolute atomic E-state index is 0.0215. The number of aromatic nitrogens is 1. The SMILES string of the molecule is CC(C)(C)OC(=O)N1CCC(Oc2ccc(C=O)cn2)CC1. The molecule has 0 atom stereocenters. The standard InChI is InChI=1S/C16H22N2O4/c1-16(2,3)22-15(20)18-8-6-13(7-9-18)21-14-5-4-12(11-19)10-17-14/h4-5,10-11,13H,6-9H2,1-3H3. The molecule has 1 saturated heterocycles. The molecule has 0 aromatic carbocycles. The van der Waals surface area contributed by atoms with Gasteiger partial charge in [0.1, 0.15) is 11.7 Å². The number of rotatable bonds is 3. The Bertz CT molecular complexity index is 514. The topological polar surface area (TPSA) is 68.7 Å². The summed E-state index contributed by atoms with van der Waals surface area (Å²) in [5.74, 6) is 0.501. The molecule has 0 radical (unpaired) electrons. The summed E-state index contributed by atoms with van der Waals surface area (Å²) in [5.41, 5.74) is 0.0430. The second-order valence-electron chi connectivity index (χ2n) is 6.33. The largest absolute Gasteiger partial charge is 0.474 e. The van der Waals surface area contributed by atoms with Crippen LogP contribution >= 0.6 is 0 Å². The van der Waals surface area contributed by atoms with Crippen molar-refractivity contribution in [3.8, 4) is 5.88 Å². The van der Waals surface area contributed by atoms with Crippen molar-refractivity contribution in [1.82, 2.24) is 9.88 Å². The van der Waals surface area contributed by atoms with Crippen LogP contribution in [-0.4, -0.2) is 47.1 Å². The van der Waals surface area contributed by atoms with E-state index in [1.165, 1.54) is 6.20 Å². The van der Waals surface area contributed by atoms with E-state index < -0.39 is 5.60 Å². The van der Waals surface area contributed by atoms with Crippen LogP contribution in [0.5, 0.6) is 5.88 Å². The number of hydrogen-bond acceptors (Lipinski definition) is 5. The van der Waals surface area contributed by atoms with Crippen LogP contribution in [0.3, 0.4) is 0 Å². The molecule has 6 heteroatoms. The van der Waals surface area contributed by atoms with Gasteiger partial charge < -0.3 is 14.4 Å². The molecule has 1 aromatic heterocycles. The van der Waals surface area contributed by atoms with E-state index in [4.69, 9.17) is 9.47 Å². The van der Waals surface area contributed by atoms with Crippen molar-refractivity contribution in [3.05, 3.63) is 23.9 Å². The number of pyridine rings is 1. The van der Waals surface area contributed by atoms with Gasteiger partial charge in [0.05, 0.1) is 0 Å². The molecule has 1 aliphatic rings. The summed E-state index contributed by atoms with van der Waals surface area (Å²) in [6, 6.07) is 3.36. The van der Waals surface area contributed by atoms with Gasteiger partial charge in [0.25, 0.3) is 0 Å². The molecule has 1 aromatic rings. The van der Waals surface area contributed by atoms with Gasteiger partial charge in [-0.05, 0) is 26.8 Å². The fraction of sp³-hybridized carbons (Fsp3) is 0.562. The van der Waals surface area contributed by atoms with E-state index in [0.717, 1.165) is 19.1 Å². The monoisotopic (exact) mass is 306 g/mol. The normalized spacial score (nSPS) is 16.2. The first-order valence-electron chi connectivity index (χ1n) is 7.43. The highest BCUT2D eigenvalue weighted by atomic mass is 16.6. The van der Waals surface area contributed by atoms with E-state index >= 15 is 0 Å². The first kappa shape index (κ1) is 16.3. The van der Waals surface area contributed by atoms with Crippen molar-refractivity contribution in [3.63, 3.8) is 0 Å². The van der Waals surface area contributed by atoms with E-state index in [-0.39, 0.29) is 12.2 Å². The third-order valence-corrected chi connectivity index (χ3v) is 3.28. The van der Waals surface area contributed by atoms with Gasteiger partial charge in [0.2, 0.25) is 5.88 Å².